The number of carbonyl (C=O) groups excluding carboxylic acids is 2. The molecule has 150 valence electrons. The number of piperidine rings is 1. The fourth-order valence-corrected chi connectivity index (χ4v) is 4.44. The number of rotatable bonds is 6. The number of hydrogen-bond acceptors (Lipinski definition) is 5. The van der Waals surface area contributed by atoms with Crippen LogP contribution in [-0.4, -0.2) is 41.3 Å². The van der Waals surface area contributed by atoms with Crippen molar-refractivity contribution in [2.75, 3.05) is 25.0 Å². The summed E-state index contributed by atoms with van der Waals surface area (Å²) in [6.07, 6.45) is 1.28. The van der Waals surface area contributed by atoms with Crippen molar-refractivity contribution in [1.82, 2.24) is 15.2 Å². The molecule has 3 rings (SSSR count). The summed E-state index contributed by atoms with van der Waals surface area (Å²) in [5.41, 5.74) is 2.60. The third kappa shape index (κ3) is 5.87. The molecule has 1 aliphatic rings. The quantitative estimate of drug-likeness (QED) is 0.780. The summed E-state index contributed by atoms with van der Waals surface area (Å²) in [4.78, 5) is 31.2. The van der Waals surface area contributed by atoms with Crippen LogP contribution in [0.15, 0.2) is 29.6 Å². The van der Waals surface area contributed by atoms with E-state index >= 15 is 0 Å². The Bertz CT molecular complexity index is 808. The van der Waals surface area contributed by atoms with E-state index in [1.165, 1.54) is 17.8 Å². The van der Waals surface area contributed by atoms with Crippen molar-refractivity contribution in [3.8, 4) is 0 Å². The van der Waals surface area contributed by atoms with Gasteiger partial charge in [-0.15, -0.1) is 11.3 Å². The Morgan fingerprint density at radius 2 is 1.86 bits per heavy atom. The predicted octanol–water partition coefficient (Wildman–Crippen LogP) is 3.30. The summed E-state index contributed by atoms with van der Waals surface area (Å²) in [6.45, 7) is 9.46. The highest BCUT2D eigenvalue weighted by Gasteiger charge is 2.22. The molecule has 2 heterocycles. The number of likely N-dealkylation sites (tertiary alicyclic amines) is 1. The molecule has 1 aliphatic heterocycles. The molecule has 1 aromatic heterocycles. The molecule has 2 amide bonds. The lowest BCUT2D eigenvalue weighted by Gasteiger charge is -2.34. The van der Waals surface area contributed by atoms with Gasteiger partial charge in [0.15, 0.2) is 5.13 Å². The average molecular weight is 401 g/mol. The molecule has 28 heavy (non-hydrogen) atoms. The first-order chi connectivity index (χ1) is 13.4. The van der Waals surface area contributed by atoms with Crippen LogP contribution >= 0.6 is 11.3 Å². The molecule has 0 radical (unpaired) electrons. The van der Waals surface area contributed by atoms with Crippen molar-refractivity contribution in [1.29, 1.82) is 0 Å². The van der Waals surface area contributed by atoms with E-state index in [-0.39, 0.29) is 18.4 Å². The van der Waals surface area contributed by atoms with Crippen LogP contribution in [0.5, 0.6) is 0 Å². The predicted molar refractivity (Wildman–Crippen MR) is 112 cm³/mol. The fraction of sp³-hybridized carbons (Fsp3) is 0.476. The molecular formula is C21H28N4O2S. The second kappa shape index (κ2) is 9.30. The number of hydrogen-bond donors (Lipinski definition) is 2. The zero-order valence-corrected chi connectivity index (χ0v) is 17.5. The van der Waals surface area contributed by atoms with Crippen LogP contribution in [0.3, 0.4) is 0 Å². The van der Waals surface area contributed by atoms with Gasteiger partial charge < -0.3 is 10.6 Å². The molecule has 2 N–H and O–H groups in total. The molecular weight excluding hydrogens is 372 g/mol. The molecule has 1 saturated heterocycles. The second-order valence-corrected chi connectivity index (χ2v) is 8.74. The van der Waals surface area contributed by atoms with Crippen LogP contribution in [0.25, 0.3) is 0 Å². The van der Waals surface area contributed by atoms with Crippen LogP contribution in [0.2, 0.25) is 0 Å². The van der Waals surface area contributed by atoms with E-state index in [0.717, 1.165) is 30.9 Å². The van der Waals surface area contributed by atoms with Gasteiger partial charge in [-0.25, -0.2) is 4.98 Å². The first-order valence-corrected chi connectivity index (χ1v) is 10.6. The summed E-state index contributed by atoms with van der Waals surface area (Å²) in [7, 11) is 0. The summed E-state index contributed by atoms with van der Waals surface area (Å²) >= 11 is 1.42. The largest absolute Gasteiger partial charge is 0.343 e. The third-order valence-electron chi connectivity index (χ3n) is 4.85. The Balaban J connectivity index is 1.46. The van der Waals surface area contributed by atoms with Gasteiger partial charge in [0.05, 0.1) is 12.2 Å². The molecule has 0 bridgehead atoms. The number of nitrogens with one attached hydrogen (secondary N) is 2. The van der Waals surface area contributed by atoms with Gasteiger partial charge >= 0.3 is 0 Å². The summed E-state index contributed by atoms with van der Waals surface area (Å²) in [5, 5.41) is 7.97. The normalized spacial score (nSPS) is 20.0. The number of carbonyl (C=O) groups is 2. The average Bonchev–Trinajstić information content (AvgIpc) is 3.06. The lowest BCUT2D eigenvalue weighted by Crippen LogP contribution is -2.38. The number of benzene rings is 1. The van der Waals surface area contributed by atoms with Crippen molar-refractivity contribution in [2.24, 2.45) is 11.8 Å². The minimum Gasteiger partial charge on any atom is -0.343 e. The van der Waals surface area contributed by atoms with Crippen molar-refractivity contribution in [3.63, 3.8) is 0 Å². The van der Waals surface area contributed by atoms with Crippen LogP contribution in [-0.2, 0) is 11.3 Å². The highest BCUT2D eigenvalue weighted by atomic mass is 32.1. The maximum absolute atomic E-state index is 12.1. The van der Waals surface area contributed by atoms with E-state index < -0.39 is 0 Å². The lowest BCUT2D eigenvalue weighted by atomic mass is 9.92. The van der Waals surface area contributed by atoms with Crippen LogP contribution in [0.4, 0.5) is 5.13 Å². The van der Waals surface area contributed by atoms with Gasteiger partial charge in [0, 0.05) is 30.6 Å². The number of nitrogens with zero attached hydrogens (tertiary/aromatic N) is 2. The molecule has 6 nitrogen and oxygen atoms in total. The second-order valence-electron chi connectivity index (χ2n) is 7.88. The smallest absolute Gasteiger partial charge is 0.251 e. The van der Waals surface area contributed by atoms with Gasteiger partial charge in [0.2, 0.25) is 5.91 Å². The molecule has 0 aliphatic carbocycles. The van der Waals surface area contributed by atoms with Gasteiger partial charge in [-0.3, -0.25) is 14.5 Å². The number of anilines is 1. The van der Waals surface area contributed by atoms with E-state index in [4.69, 9.17) is 0 Å². The number of thiazole rings is 1. The Morgan fingerprint density at radius 3 is 2.54 bits per heavy atom. The minimum absolute atomic E-state index is 0.0806. The molecule has 0 saturated carbocycles. The van der Waals surface area contributed by atoms with E-state index in [0.29, 0.717) is 22.5 Å². The van der Waals surface area contributed by atoms with Crippen LogP contribution in [0, 0.1) is 18.8 Å². The van der Waals surface area contributed by atoms with Crippen molar-refractivity contribution >= 4 is 28.3 Å². The highest BCUT2D eigenvalue weighted by Crippen LogP contribution is 2.23. The Morgan fingerprint density at radius 1 is 1.18 bits per heavy atom. The van der Waals surface area contributed by atoms with Gasteiger partial charge in [-0.05, 0) is 37.3 Å². The monoisotopic (exact) mass is 400 g/mol. The minimum atomic E-state index is -0.276. The number of aryl methyl sites for hydroxylation is 1. The Labute approximate surface area is 170 Å². The zero-order chi connectivity index (χ0) is 20.1. The Hall–Kier alpha value is -2.25. The first kappa shape index (κ1) is 20.5. The summed E-state index contributed by atoms with van der Waals surface area (Å²) in [6, 6.07) is 7.24. The number of aromatic nitrogens is 1. The van der Waals surface area contributed by atoms with Gasteiger partial charge in [0.1, 0.15) is 0 Å². The van der Waals surface area contributed by atoms with Gasteiger partial charge in [-0.1, -0.05) is 31.5 Å². The van der Waals surface area contributed by atoms with E-state index in [9.17, 15) is 9.59 Å². The maximum atomic E-state index is 12.1. The van der Waals surface area contributed by atoms with Crippen molar-refractivity contribution < 1.29 is 9.59 Å². The van der Waals surface area contributed by atoms with Gasteiger partial charge in [-0.2, -0.15) is 0 Å². The highest BCUT2D eigenvalue weighted by molar-refractivity contribution is 7.13. The summed E-state index contributed by atoms with van der Waals surface area (Å²) < 4.78 is 0. The lowest BCUT2D eigenvalue weighted by molar-refractivity contribution is -0.115. The SMILES string of the molecule is Cc1ccc(C(=O)NCC(=O)Nc2nc(CN3C[C@H](C)C[C@H](C)C3)cs2)cc1. The summed E-state index contributed by atoms with van der Waals surface area (Å²) in [5.74, 6) is 0.877. The zero-order valence-electron chi connectivity index (χ0n) is 16.7. The molecule has 1 fully saturated rings. The van der Waals surface area contributed by atoms with Crippen LogP contribution < -0.4 is 10.6 Å². The molecule has 1 aromatic carbocycles. The molecule has 0 spiro atoms. The van der Waals surface area contributed by atoms with Gasteiger partial charge in [0.25, 0.3) is 5.91 Å². The van der Waals surface area contributed by atoms with Crippen molar-refractivity contribution in [3.05, 3.63) is 46.5 Å². The van der Waals surface area contributed by atoms with E-state index in [1.807, 2.05) is 24.4 Å². The first-order valence-electron chi connectivity index (χ1n) is 9.70. The molecule has 7 heteroatoms. The van der Waals surface area contributed by atoms with E-state index in [2.05, 4.69) is 34.4 Å². The molecule has 0 unspecified atom stereocenters. The standard InChI is InChI=1S/C21H28N4O2S/c1-14-4-6-17(7-5-14)20(27)22-9-19(26)24-21-23-18(13-28-21)12-25-10-15(2)8-16(3)11-25/h4-7,13,15-16H,8-12H2,1-3H3,(H,22,27)(H,23,24,26)/t15-,16+. The molecule has 2 aromatic rings. The fourth-order valence-electron chi connectivity index (χ4n) is 3.72. The van der Waals surface area contributed by atoms with E-state index in [1.54, 1.807) is 12.1 Å². The van der Waals surface area contributed by atoms with Crippen molar-refractivity contribution in [2.45, 2.75) is 33.7 Å². The van der Waals surface area contributed by atoms with Crippen LogP contribution in [0.1, 0.15) is 41.9 Å². The maximum Gasteiger partial charge on any atom is 0.251 e. The molecule has 2 atom stereocenters. The number of amides is 2. The third-order valence-corrected chi connectivity index (χ3v) is 5.66. The topological polar surface area (TPSA) is 74.3 Å². The Kier molecular flexibility index (Phi) is 6.80.